The molecule has 2 aromatic rings. The van der Waals surface area contributed by atoms with Crippen molar-refractivity contribution < 1.29 is 14.1 Å². The third kappa shape index (κ3) is 7.67. The number of benzene rings is 2. The molecule has 0 saturated heterocycles. The number of hydrogen-bond acceptors (Lipinski definition) is 8. The van der Waals surface area contributed by atoms with Crippen molar-refractivity contribution in [2.45, 2.75) is 28.2 Å². The van der Waals surface area contributed by atoms with Gasteiger partial charge in [-0.2, -0.15) is 5.90 Å². The molecule has 0 saturated carbocycles. The molecule has 0 radical (unpaired) electrons. The van der Waals surface area contributed by atoms with Gasteiger partial charge in [0.1, 0.15) is 23.4 Å². The molecule has 10 heteroatoms. The van der Waals surface area contributed by atoms with Crippen molar-refractivity contribution in [2.75, 3.05) is 16.8 Å². The molecule has 1 amide bonds. The van der Waals surface area contributed by atoms with Crippen LogP contribution < -0.4 is 16.1 Å². The molecule has 160 valence electrons. The second-order valence-electron chi connectivity index (χ2n) is 5.74. The number of rotatable bonds is 7. The monoisotopic (exact) mass is 449 g/mol. The zero-order chi connectivity index (χ0) is 21.2. The van der Waals surface area contributed by atoms with Gasteiger partial charge in [0.15, 0.2) is 0 Å². The molecule has 30 heavy (non-hydrogen) atoms. The maximum absolute atomic E-state index is 11.6. The molecular weight excluding hydrogens is 426 g/mol. The van der Waals surface area contributed by atoms with E-state index < -0.39 is 0 Å². The average Bonchev–Trinajstić information content (AvgIpc) is 2.68. The Kier molecular flexibility index (Phi) is 10.9. The van der Waals surface area contributed by atoms with Crippen LogP contribution in [0, 0.1) is 18.2 Å². The van der Waals surface area contributed by atoms with E-state index >= 15 is 0 Å². The molecule has 0 aromatic heterocycles. The maximum atomic E-state index is 11.6. The van der Waals surface area contributed by atoms with Crippen LogP contribution in [0.1, 0.15) is 26.8 Å². The summed E-state index contributed by atoms with van der Waals surface area (Å²) in [7, 11) is 0. The first-order chi connectivity index (χ1) is 13.9. The number of carbonyl (C=O) groups excluding carboxylic acids is 1. The normalized spacial score (nSPS) is 10.2. The SMILES string of the molecule is C.CCN(C#CSOON)c1ccc(N=Nc2ccc(C)cc2Cl)c(NC(C)=O)c1. The zero-order valence-electron chi connectivity index (χ0n) is 16.1. The predicted octanol–water partition coefficient (Wildman–Crippen LogP) is 5.87. The van der Waals surface area contributed by atoms with Crippen LogP contribution in [-0.4, -0.2) is 12.5 Å². The average molecular weight is 450 g/mol. The van der Waals surface area contributed by atoms with E-state index in [0.29, 0.717) is 28.6 Å². The number of azo groups is 1. The lowest BCUT2D eigenvalue weighted by Gasteiger charge is -2.17. The highest BCUT2D eigenvalue weighted by Crippen LogP contribution is 2.33. The molecule has 3 N–H and O–H groups in total. The van der Waals surface area contributed by atoms with E-state index in [2.05, 4.69) is 36.2 Å². The minimum Gasteiger partial charge on any atom is -0.324 e. The van der Waals surface area contributed by atoms with E-state index in [1.165, 1.54) is 6.92 Å². The first-order valence-electron chi connectivity index (χ1n) is 8.51. The number of aryl methyl sites for hydroxylation is 1. The Morgan fingerprint density at radius 1 is 1.27 bits per heavy atom. The Bertz CT molecular complexity index is 959. The molecule has 0 spiro atoms. The molecule has 0 atom stereocenters. The lowest BCUT2D eigenvalue weighted by molar-refractivity contribution is -0.194. The largest absolute Gasteiger partial charge is 0.324 e. The van der Waals surface area contributed by atoms with Crippen LogP contribution in [-0.2, 0) is 14.1 Å². The standard InChI is InChI=1S/C19H20ClN5O3S.CH4/c1-4-25(9-10-29-28-27-21)15-6-8-18(19(12-15)22-14(3)26)24-23-17-7-5-13(2)11-16(17)20;/h5-8,11-12H,4,21H2,1-3H3,(H,22,26);1H4. The lowest BCUT2D eigenvalue weighted by Crippen LogP contribution is -2.16. The van der Waals surface area contributed by atoms with E-state index in [0.717, 1.165) is 23.3 Å². The van der Waals surface area contributed by atoms with Gasteiger partial charge < -0.3 is 10.2 Å². The van der Waals surface area contributed by atoms with Crippen LogP contribution in [0.4, 0.5) is 22.7 Å². The van der Waals surface area contributed by atoms with Gasteiger partial charge in [0.2, 0.25) is 5.91 Å². The fourth-order valence-electron chi connectivity index (χ4n) is 2.31. The highest BCUT2D eigenvalue weighted by Gasteiger charge is 2.09. The molecule has 2 rings (SSSR count). The Hall–Kier alpha value is -2.61. The third-order valence-electron chi connectivity index (χ3n) is 3.58. The first-order valence-corrected chi connectivity index (χ1v) is 9.63. The predicted molar refractivity (Wildman–Crippen MR) is 123 cm³/mol. The molecule has 2 aromatic carbocycles. The highest BCUT2D eigenvalue weighted by molar-refractivity contribution is 7.99. The van der Waals surface area contributed by atoms with Gasteiger partial charge >= 0.3 is 0 Å². The smallest absolute Gasteiger partial charge is 0.221 e. The summed E-state index contributed by atoms with van der Waals surface area (Å²) in [5.74, 6) is 4.54. The molecule has 0 aliphatic rings. The van der Waals surface area contributed by atoms with Crippen LogP contribution in [0.3, 0.4) is 0 Å². The Balaban J connectivity index is 0.00000450. The summed E-state index contributed by atoms with van der Waals surface area (Å²) >= 11 is 6.95. The van der Waals surface area contributed by atoms with Crippen LogP contribution in [0.25, 0.3) is 0 Å². The minimum atomic E-state index is -0.231. The number of amides is 1. The fourth-order valence-corrected chi connectivity index (χ4v) is 2.80. The number of nitrogens with zero attached hydrogens (tertiary/aromatic N) is 3. The van der Waals surface area contributed by atoms with Crippen LogP contribution >= 0.6 is 23.6 Å². The van der Waals surface area contributed by atoms with Gasteiger partial charge in [-0.15, -0.1) is 19.6 Å². The summed E-state index contributed by atoms with van der Waals surface area (Å²) in [4.78, 5) is 17.4. The maximum Gasteiger partial charge on any atom is 0.221 e. The van der Waals surface area contributed by atoms with Crippen LogP contribution in [0.5, 0.6) is 0 Å². The Morgan fingerprint density at radius 2 is 1.97 bits per heavy atom. The van der Waals surface area contributed by atoms with E-state index in [4.69, 9.17) is 17.5 Å². The first kappa shape index (κ1) is 25.4. The molecule has 0 bridgehead atoms. The Labute approximate surface area is 185 Å². The summed E-state index contributed by atoms with van der Waals surface area (Å²) in [5, 5.41) is 14.4. The second-order valence-corrected chi connectivity index (χ2v) is 6.66. The van der Waals surface area contributed by atoms with Crippen LogP contribution in [0.15, 0.2) is 46.6 Å². The second kappa shape index (κ2) is 12.8. The molecule has 0 aliphatic heterocycles. The van der Waals surface area contributed by atoms with Crippen molar-refractivity contribution in [3.63, 3.8) is 0 Å². The fraction of sp³-hybridized carbons (Fsp3) is 0.250. The van der Waals surface area contributed by atoms with Crippen molar-refractivity contribution in [2.24, 2.45) is 16.1 Å². The molecule has 0 unspecified atom stereocenters. The van der Waals surface area contributed by atoms with Crippen molar-refractivity contribution in [3.8, 4) is 11.3 Å². The quantitative estimate of drug-likeness (QED) is 0.104. The third-order valence-corrected chi connectivity index (χ3v) is 4.21. The van der Waals surface area contributed by atoms with Crippen molar-refractivity contribution in [3.05, 3.63) is 47.0 Å². The van der Waals surface area contributed by atoms with Crippen LogP contribution in [0.2, 0.25) is 5.02 Å². The number of anilines is 2. The number of nitrogens with one attached hydrogen (secondary N) is 1. The van der Waals surface area contributed by atoms with Gasteiger partial charge in [0.25, 0.3) is 0 Å². The van der Waals surface area contributed by atoms with Gasteiger partial charge in [0.05, 0.1) is 16.4 Å². The van der Waals surface area contributed by atoms with Crippen molar-refractivity contribution in [1.29, 1.82) is 0 Å². The number of nitrogens with two attached hydrogens (primary N) is 1. The van der Waals surface area contributed by atoms with Gasteiger partial charge in [0, 0.05) is 24.8 Å². The number of carbonyl (C=O) groups is 1. The molecule has 0 aliphatic carbocycles. The molecule has 0 fully saturated rings. The summed E-state index contributed by atoms with van der Waals surface area (Å²) in [6.07, 6.45) is 0. The Morgan fingerprint density at radius 3 is 2.60 bits per heavy atom. The number of halogens is 1. The minimum absolute atomic E-state index is 0. The van der Waals surface area contributed by atoms with Gasteiger partial charge in [-0.25, -0.2) is 0 Å². The van der Waals surface area contributed by atoms with Gasteiger partial charge in [-0.3, -0.25) is 4.79 Å². The number of hydrogen-bond donors (Lipinski definition) is 2. The zero-order valence-corrected chi connectivity index (χ0v) is 17.7. The van der Waals surface area contributed by atoms with E-state index in [1.807, 2.05) is 32.0 Å². The van der Waals surface area contributed by atoms with Crippen molar-refractivity contribution >= 4 is 52.3 Å². The molecular formula is C20H24ClN5O3S. The van der Waals surface area contributed by atoms with E-state index in [1.54, 1.807) is 23.1 Å². The summed E-state index contributed by atoms with van der Waals surface area (Å²) < 4.78 is 4.45. The highest BCUT2D eigenvalue weighted by atomic mass is 35.5. The summed E-state index contributed by atoms with van der Waals surface area (Å²) in [5.41, 5.74) is 3.30. The van der Waals surface area contributed by atoms with Gasteiger partial charge in [-0.05, 0) is 49.7 Å². The van der Waals surface area contributed by atoms with E-state index in [-0.39, 0.29) is 13.3 Å². The topological polar surface area (TPSA) is 102 Å². The lowest BCUT2D eigenvalue weighted by atomic mass is 10.2. The summed E-state index contributed by atoms with van der Waals surface area (Å²) in [6, 6.07) is 13.7. The van der Waals surface area contributed by atoms with Crippen molar-refractivity contribution in [1.82, 2.24) is 0 Å². The molecule has 0 heterocycles. The summed E-state index contributed by atoms with van der Waals surface area (Å²) in [6.45, 7) is 5.89. The van der Waals surface area contributed by atoms with Gasteiger partial charge in [-0.1, -0.05) is 25.1 Å². The molecule has 8 nitrogen and oxygen atoms in total. The van der Waals surface area contributed by atoms with E-state index in [9.17, 15) is 4.79 Å².